The van der Waals surface area contributed by atoms with Crippen molar-refractivity contribution in [3.8, 4) is 11.5 Å². The van der Waals surface area contributed by atoms with Crippen molar-refractivity contribution >= 4 is 0 Å². The molecule has 1 aromatic carbocycles. The van der Waals surface area contributed by atoms with E-state index in [2.05, 4.69) is 48.5 Å². The summed E-state index contributed by atoms with van der Waals surface area (Å²) in [6.07, 6.45) is 0. The second-order valence-electron chi connectivity index (χ2n) is 7.39. The summed E-state index contributed by atoms with van der Waals surface area (Å²) in [7, 11) is 1.58. The van der Waals surface area contributed by atoms with Crippen molar-refractivity contribution in [1.82, 2.24) is 0 Å². The fourth-order valence-corrected chi connectivity index (χ4v) is 2.36. The van der Waals surface area contributed by atoms with Crippen molar-refractivity contribution in [1.29, 1.82) is 0 Å². The Hall–Kier alpha value is -1.18. The lowest BCUT2D eigenvalue weighted by Gasteiger charge is -2.51. The van der Waals surface area contributed by atoms with Crippen molar-refractivity contribution in [2.75, 3.05) is 7.11 Å². The molecule has 1 N–H and O–H groups in total. The van der Waals surface area contributed by atoms with Gasteiger partial charge in [0, 0.05) is 0 Å². The highest BCUT2D eigenvalue weighted by Crippen LogP contribution is 2.52. The van der Waals surface area contributed by atoms with E-state index in [-0.39, 0.29) is 22.0 Å². The zero-order chi connectivity index (χ0) is 15.1. The number of hydrogen-bond donors (Lipinski definition) is 1. The van der Waals surface area contributed by atoms with Gasteiger partial charge in [0.2, 0.25) is 0 Å². The molecule has 0 bridgehead atoms. The number of phenolic OH excluding ortho intramolecular Hbond substituents is 1. The molecule has 0 aliphatic carbocycles. The number of rotatable bonds is 3. The minimum Gasteiger partial charge on any atom is -0.504 e. The summed E-state index contributed by atoms with van der Waals surface area (Å²) >= 11 is 0. The largest absolute Gasteiger partial charge is 0.504 e. The molecule has 0 saturated carbocycles. The van der Waals surface area contributed by atoms with E-state index in [9.17, 15) is 5.11 Å². The van der Waals surface area contributed by atoms with E-state index in [1.165, 1.54) is 5.56 Å². The van der Waals surface area contributed by atoms with Crippen molar-refractivity contribution in [3.63, 3.8) is 0 Å². The summed E-state index contributed by atoms with van der Waals surface area (Å²) in [4.78, 5) is 0. The van der Waals surface area contributed by atoms with Gasteiger partial charge in [-0.05, 0) is 33.9 Å². The van der Waals surface area contributed by atoms with Crippen molar-refractivity contribution < 1.29 is 9.84 Å². The van der Waals surface area contributed by atoms with Crippen LogP contribution in [0.1, 0.15) is 54.0 Å². The van der Waals surface area contributed by atoms with Crippen LogP contribution in [0.15, 0.2) is 18.2 Å². The van der Waals surface area contributed by atoms with E-state index in [0.717, 1.165) is 0 Å². The molecule has 2 heteroatoms. The number of benzene rings is 1. The predicted molar refractivity (Wildman–Crippen MR) is 80.9 cm³/mol. The maximum atomic E-state index is 9.74. The molecule has 2 nitrogen and oxygen atoms in total. The Balaban J connectivity index is 3.35. The summed E-state index contributed by atoms with van der Waals surface area (Å²) in [6.45, 7) is 15.9. The highest BCUT2D eigenvalue weighted by atomic mass is 16.5. The Bertz CT molecular complexity index is 451. The molecule has 1 rings (SSSR count). The summed E-state index contributed by atoms with van der Waals surface area (Å²) in [6, 6.07) is 5.66. The van der Waals surface area contributed by atoms with Crippen LogP contribution in [0.25, 0.3) is 0 Å². The number of methoxy groups -OCH3 is 1. The van der Waals surface area contributed by atoms with Crippen LogP contribution in [-0.4, -0.2) is 12.2 Å². The molecule has 0 fully saturated rings. The Morgan fingerprint density at radius 1 is 0.947 bits per heavy atom. The first-order valence-corrected chi connectivity index (χ1v) is 6.82. The minimum atomic E-state index is -0.0355. The third-order valence-electron chi connectivity index (χ3n) is 5.34. The SMILES string of the molecule is COc1cc(C(C)(C)C(C)(C)C(C)(C)C)ccc1O. The van der Waals surface area contributed by atoms with Gasteiger partial charge in [-0.15, -0.1) is 0 Å². The van der Waals surface area contributed by atoms with Crippen molar-refractivity contribution in [3.05, 3.63) is 23.8 Å². The smallest absolute Gasteiger partial charge is 0.160 e. The lowest BCUT2D eigenvalue weighted by atomic mass is 9.53. The molecule has 19 heavy (non-hydrogen) atoms. The van der Waals surface area contributed by atoms with Gasteiger partial charge >= 0.3 is 0 Å². The molecule has 0 aliphatic rings. The second-order valence-corrected chi connectivity index (χ2v) is 7.39. The lowest BCUT2D eigenvalue weighted by molar-refractivity contribution is 0.0454. The number of hydrogen-bond acceptors (Lipinski definition) is 2. The van der Waals surface area contributed by atoms with Gasteiger partial charge in [0.25, 0.3) is 0 Å². The fraction of sp³-hybridized carbons (Fsp3) is 0.647. The molecule has 0 spiro atoms. The predicted octanol–water partition coefficient (Wildman–Crippen LogP) is 4.75. The maximum Gasteiger partial charge on any atom is 0.160 e. The number of ether oxygens (including phenoxy) is 1. The van der Waals surface area contributed by atoms with Crippen molar-refractivity contribution in [2.24, 2.45) is 10.8 Å². The molecule has 0 atom stereocenters. The number of phenols is 1. The first kappa shape index (κ1) is 15.9. The first-order valence-electron chi connectivity index (χ1n) is 6.82. The maximum absolute atomic E-state index is 9.74. The van der Waals surface area contributed by atoms with E-state index in [1.54, 1.807) is 13.2 Å². The normalized spacial score (nSPS) is 13.5. The molecule has 108 valence electrons. The lowest BCUT2D eigenvalue weighted by Crippen LogP contribution is -2.45. The van der Waals surface area contributed by atoms with Gasteiger partial charge in [-0.1, -0.05) is 54.5 Å². The monoisotopic (exact) mass is 264 g/mol. The van der Waals surface area contributed by atoms with E-state index in [1.807, 2.05) is 12.1 Å². The summed E-state index contributed by atoms with van der Waals surface area (Å²) < 4.78 is 5.23. The fourth-order valence-electron chi connectivity index (χ4n) is 2.36. The zero-order valence-electron chi connectivity index (χ0n) is 13.6. The van der Waals surface area contributed by atoms with E-state index < -0.39 is 0 Å². The van der Waals surface area contributed by atoms with Gasteiger partial charge in [-0.25, -0.2) is 0 Å². The van der Waals surface area contributed by atoms with E-state index in [0.29, 0.717) is 5.75 Å². The Labute approximate surface area is 117 Å². The van der Waals surface area contributed by atoms with Crippen LogP contribution in [-0.2, 0) is 5.41 Å². The average Bonchev–Trinajstić information content (AvgIpc) is 2.27. The van der Waals surface area contributed by atoms with Gasteiger partial charge in [0.15, 0.2) is 11.5 Å². The van der Waals surface area contributed by atoms with Crippen molar-refractivity contribution in [2.45, 2.75) is 53.9 Å². The minimum absolute atomic E-state index is 0.0355. The molecular weight excluding hydrogens is 236 g/mol. The highest BCUT2D eigenvalue weighted by Gasteiger charge is 2.46. The van der Waals surface area contributed by atoms with Crippen LogP contribution < -0.4 is 4.74 Å². The molecule has 0 aromatic heterocycles. The topological polar surface area (TPSA) is 29.5 Å². The highest BCUT2D eigenvalue weighted by molar-refractivity contribution is 5.44. The summed E-state index contributed by atoms with van der Waals surface area (Å²) in [5, 5.41) is 9.74. The van der Waals surface area contributed by atoms with Crippen LogP contribution >= 0.6 is 0 Å². The Kier molecular flexibility index (Phi) is 3.96. The molecule has 1 aromatic rings. The molecule has 0 amide bonds. The van der Waals surface area contributed by atoms with Gasteiger partial charge < -0.3 is 9.84 Å². The molecule has 0 heterocycles. The first-order chi connectivity index (χ1) is 8.45. The molecule has 0 unspecified atom stereocenters. The third-order valence-corrected chi connectivity index (χ3v) is 5.34. The standard InChI is InChI=1S/C17H28O2/c1-15(2,3)17(6,7)16(4,5)12-9-10-13(18)14(11-12)19-8/h9-11,18H,1-8H3. The van der Waals surface area contributed by atoms with Crippen LogP contribution in [0.5, 0.6) is 11.5 Å². The second kappa shape index (κ2) is 4.73. The van der Waals surface area contributed by atoms with Crippen LogP contribution in [0.2, 0.25) is 0 Å². The third kappa shape index (κ3) is 2.58. The molecular formula is C17H28O2. The Morgan fingerprint density at radius 2 is 1.47 bits per heavy atom. The van der Waals surface area contributed by atoms with Crippen LogP contribution in [0.4, 0.5) is 0 Å². The molecule has 0 radical (unpaired) electrons. The zero-order valence-corrected chi connectivity index (χ0v) is 13.6. The van der Waals surface area contributed by atoms with Gasteiger partial charge in [0.05, 0.1) is 7.11 Å². The van der Waals surface area contributed by atoms with Crippen LogP contribution in [0.3, 0.4) is 0 Å². The van der Waals surface area contributed by atoms with Gasteiger partial charge in [-0.2, -0.15) is 0 Å². The van der Waals surface area contributed by atoms with Gasteiger partial charge in [-0.3, -0.25) is 0 Å². The average molecular weight is 264 g/mol. The van der Waals surface area contributed by atoms with E-state index >= 15 is 0 Å². The molecule has 0 saturated heterocycles. The number of aromatic hydroxyl groups is 1. The summed E-state index contributed by atoms with van der Waals surface area (Å²) in [5.74, 6) is 0.728. The summed E-state index contributed by atoms with van der Waals surface area (Å²) in [5.41, 5.74) is 1.40. The quantitative estimate of drug-likeness (QED) is 0.853. The van der Waals surface area contributed by atoms with E-state index in [4.69, 9.17) is 4.74 Å². The Morgan fingerprint density at radius 3 is 1.89 bits per heavy atom. The van der Waals surface area contributed by atoms with Gasteiger partial charge in [0.1, 0.15) is 0 Å². The van der Waals surface area contributed by atoms with Crippen LogP contribution in [0, 0.1) is 10.8 Å². The molecule has 0 aliphatic heterocycles.